The van der Waals surface area contributed by atoms with Gasteiger partial charge < -0.3 is 24.3 Å². The highest BCUT2D eigenvalue weighted by atomic mass is 32.2. The van der Waals surface area contributed by atoms with Gasteiger partial charge in [-0.15, -0.1) is 0 Å². The number of amides is 1. The van der Waals surface area contributed by atoms with Gasteiger partial charge in [0.1, 0.15) is 22.8 Å². The van der Waals surface area contributed by atoms with E-state index in [1.165, 1.54) is 11.4 Å². The first-order valence-corrected chi connectivity index (χ1v) is 13.5. The molecule has 196 valence electrons. The van der Waals surface area contributed by atoms with Crippen LogP contribution in [0.3, 0.4) is 0 Å². The van der Waals surface area contributed by atoms with E-state index in [0.717, 1.165) is 5.56 Å². The lowest BCUT2D eigenvalue weighted by Crippen LogP contribution is -2.41. The SMILES string of the molecule is COc1ccc2c(c1)OC(C)(C)C[C@H]2NC(=O)CCc1cc(S(=O)(=O)N2CCOCC2)ccc1OC. The molecule has 2 aliphatic heterocycles. The van der Waals surface area contributed by atoms with E-state index in [1.54, 1.807) is 25.3 Å². The van der Waals surface area contributed by atoms with E-state index < -0.39 is 15.6 Å². The van der Waals surface area contributed by atoms with E-state index in [0.29, 0.717) is 62.0 Å². The molecule has 0 saturated carbocycles. The number of carbonyl (C=O) groups is 1. The minimum Gasteiger partial charge on any atom is -0.497 e. The van der Waals surface area contributed by atoms with Crippen molar-refractivity contribution >= 4 is 15.9 Å². The third kappa shape index (κ3) is 5.77. The molecule has 1 fully saturated rings. The fourth-order valence-corrected chi connectivity index (χ4v) is 6.11. The minimum atomic E-state index is -3.65. The molecule has 0 unspecified atom stereocenters. The number of nitrogens with one attached hydrogen (secondary N) is 1. The molecular weight excluding hydrogens is 484 g/mol. The highest BCUT2D eigenvalue weighted by Crippen LogP contribution is 2.41. The summed E-state index contributed by atoms with van der Waals surface area (Å²) in [5.74, 6) is 1.80. The van der Waals surface area contributed by atoms with Crippen LogP contribution in [0, 0.1) is 0 Å². The summed E-state index contributed by atoms with van der Waals surface area (Å²) in [4.78, 5) is 13.2. The molecule has 2 aromatic carbocycles. The van der Waals surface area contributed by atoms with E-state index in [2.05, 4.69) is 5.32 Å². The zero-order chi connectivity index (χ0) is 25.9. The number of rotatable bonds is 8. The van der Waals surface area contributed by atoms with Crippen LogP contribution in [-0.4, -0.2) is 64.8 Å². The van der Waals surface area contributed by atoms with Crippen molar-refractivity contribution < 1.29 is 32.2 Å². The second-order valence-electron chi connectivity index (χ2n) is 9.58. The molecule has 0 bridgehead atoms. The maximum absolute atomic E-state index is 13.1. The van der Waals surface area contributed by atoms with Crippen LogP contribution in [0.5, 0.6) is 17.2 Å². The van der Waals surface area contributed by atoms with Crippen LogP contribution in [0.1, 0.15) is 43.9 Å². The average Bonchev–Trinajstić information content (AvgIpc) is 2.86. The van der Waals surface area contributed by atoms with Gasteiger partial charge >= 0.3 is 0 Å². The summed E-state index contributed by atoms with van der Waals surface area (Å²) in [5, 5.41) is 3.13. The Hall–Kier alpha value is -2.82. The van der Waals surface area contributed by atoms with E-state index in [4.69, 9.17) is 18.9 Å². The van der Waals surface area contributed by atoms with Gasteiger partial charge in [0.25, 0.3) is 0 Å². The van der Waals surface area contributed by atoms with E-state index in [-0.39, 0.29) is 23.3 Å². The van der Waals surface area contributed by atoms with E-state index >= 15 is 0 Å². The molecule has 36 heavy (non-hydrogen) atoms. The Labute approximate surface area is 212 Å². The number of fused-ring (bicyclic) bond motifs is 1. The topological polar surface area (TPSA) is 103 Å². The maximum Gasteiger partial charge on any atom is 0.243 e. The van der Waals surface area contributed by atoms with Gasteiger partial charge in [0.05, 0.1) is 38.4 Å². The van der Waals surface area contributed by atoms with Crippen molar-refractivity contribution in [3.63, 3.8) is 0 Å². The Kier molecular flexibility index (Phi) is 7.77. The fourth-order valence-electron chi connectivity index (χ4n) is 4.65. The lowest BCUT2D eigenvalue weighted by Gasteiger charge is -2.38. The van der Waals surface area contributed by atoms with Gasteiger partial charge in [-0.25, -0.2) is 8.42 Å². The lowest BCUT2D eigenvalue weighted by atomic mass is 9.89. The van der Waals surface area contributed by atoms with Crippen molar-refractivity contribution in [1.29, 1.82) is 0 Å². The molecule has 10 heteroatoms. The summed E-state index contributed by atoms with van der Waals surface area (Å²) < 4.78 is 49.8. The molecule has 0 spiro atoms. The molecular formula is C26H34N2O7S. The van der Waals surface area contributed by atoms with E-state index in [9.17, 15) is 13.2 Å². The second-order valence-corrected chi connectivity index (χ2v) is 11.5. The lowest BCUT2D eigenvalue weighted by molar-refractivity contribution is -0.122. The quantitative estimate of drug-likeness (QED) is 0.573. The predicted molar refractivity (Wildman–Crippen MR) is 134 cm³/mol. The molecule has 1 saturated heterocycles. The normalized spacial score (nSPS) is 19.6. The zero-order valence-electron chi connectivity index (χ0n) is 21.2. The van der Waals surface area contributed by atoms with Crippen LogP contribution in [0.2, 0.25) is 0 Å². The molecule has 2 heterocycles. The summed E-state index contributed by atoms with van der Waals surface area (Å²) in [6, 6.07) is 10.2. The third-order valence-electron chi connectivity index (χ3n) is 6.49. The maximum atomic E-state index is 13.1. The Morgan fingerprint density at radius 2 is 1.86 bits per heavy atom. The van der Waals surface area contributed by atoms with Gasteiger partial charge in [0, 0.05) is 37.6 Å². The molecule has 9 nitrogen and oxygen atoms in total. The number of morpholine rings is 1. The number of methoxy groups -OCH3 is 2. The van der Waals surface area contributed by atoms with Crippen LogP contribution in [0.25, 0.3) is 0 Å². The van der Waals surface area contributed by atoms with Crippen molar-refractivity contribution in [1.82, 2.24) is 9.62 Å². The number of ether oxygens (including phenoxy) is 4. The number of nitrogens with zero attached hydrogens (tertiary/aromatic N) is 1. The van der Waals surface area contributed by atoms with Crippen molar-refractivity contribution in [2.75, 3.05) is 40.5 Å². The fraction of sp³-hybridized carbons (Fsp3) is 0.500. The number of sulfonamides is 1. The van der Waals surface area contributed by atoms with Gasteiger partial charge in [-0.2, -0.15) is 4.31 Å². The Balaban J connectivity index is 1.48. The van der Waals surface area contributed by atoms with Crippen LogP contribution >= 0.6 is 0 Å². The third-order valence-corrected chi connectivity index (χ3v) is 8.39. The number of aryl methyl sites for hydroxylation is 1. The molecule has 1 amide bonds. The molecule has 0 aliphatic carbocycles. The first kappa shape index (κ1) is 26.2. The number of benzene rings is 2. The summed E-state index contributed by atoms with van der Waals surface area (Å²) >= 11 is 0. The first-order chi connectivity index (χ1) is 17.1. The largest absolute Gasteiger partial charge is 0.497 e. The van der Waals surface area contributed by atoms with Crippen LogP contribution < -0.4 is 19.5 Å². The Bertz CT molecular complexity index is 1210. The van der Waals surface area contributed by atoms with Gasteiger partial charge in [-0.3, -0.25) is 4.79 Å². The average molecular weight is 519 g/mol. The molecule has 2 aromatic rings. The predicted octanol–water partition coefficient (Wildman–Crippen LogP) is 3.08. The second kappa shape index (κ2) is 10.7. The molecule has 1 atom stereocenters. The van der Waals surface area contributed by atoms with Crippen LogP contribution in [-0.2, 0) is 26.0 Å². The summed E-state index contributed by atoms with van der Waals surface area (Å²) in [5.41, 5.74) is 1.11. The van der Waals surface area contributed by atoms with E-state index in [1.807, 2.05) is 32.0 Å². The van der Waals surface area contributed by atoms with Crippen LogP contribution in [0.4, 0.5) is 0 Å². The van der Waals surface area contributed by atoms with Crippen molar-refractivity contribution in [2.45, 2.75) is 49.6 Å². The van der Waals surface area contributed by atoms with Crippen LogP contribution in [0.15, 0.2) is 41.3 Å². The summed E-state index contributed by atoms with van der Waals surface area (Å²) in [6.07, 6.45) is 1.14. The highest BCUT2D eigenvalue weighted by Gasteiger charge is 2.35. The highest BCUT2D eigenvalue weighted by molar-refractivity contribution is 7.89. The molecule has 0 aromatic heterocycles. The number of hydrogen-bond acceptors (Lipinski definition) is 7. The molecule has 0 radical (unpaired) electrons. The van der Waals surface area contributed by atoms with Crippen molar-refractivity contribution in [3.05, 3.63) is 47.5 Å². The molecule has 1 N–H and O–H groups in total. The van der Waals surface area contributed by atoms with Crippen molar-refractivity contribution in [3.8, 4) is 17.2 Å². The Morgan fingerprint density at radius 1 is 1.11 bits per heavy atom. The molecule has 2 aliphatic rings. The van der Waals surface area contributed by atoms with Crippen molar-refractivity contribution in [2.24, 2.45) is 0 Å². The van der Waals surface area contributed by atoms with Gasteiger partial charge in [0.15, 0.2) is 0 Å². The molecule has 4 rings (SSSR count). The number of hydrogen-bond donors (Lipinski definition) is 1. The number of carbonyl (C=O) groups excluding carboxylic acids is 1. The zero-order valence-corrected chi connectivity index (χ0v) is 22.0. The summed E-state index contributed by atoms with van der Waals surface area (Å²) in [7, 11) is -0.516. The van der Waals surface area contributed by atoms with Gasteiger partial charge in [0.2, 0.25) is 15.9 Å². The standard InChI is InChI=1S/C26H34N2O7S/c1-26(2)17-22(21-8-6-19(32-3)16-24(21)35-26)27-25(29)10-5-18-15-20(7-9-23(18)33-4)36(30,31)28-11-13-34-14-12-28/h6-9,15-16,22H,5,10-14,17H2,1-4H3,(H,27,29)/t22-/m1/s1. The minimum absolute atomic E-state index is 0.136. The summed E-state index contributed by atoms with van der Waals surface area (Å²) in [6.45, 7) is 5.37. The monoisotopic (exact) mass is 518 g/mol. The van der Waals surface area contributed by atoms with Gasteiger partial charge in [-0.05, 0) is 56.2 Å². The Morgan fingerprint density at radius 3 is 2.56 bits per heavy atom. The smallest absolute Gasteiger partial charge is 0.243 e. The first-order valence-electron chi connectivity index (χ1n) is 12.0. The van der Waals surface area contributed by atoms with Gasteiger partial charge in [-0.1, -0.05) is 0 Å².